The van der Waals surface area contributed by atoms with E-state index in [9.17, 15) is 13.6 Å². The molecule has 0 spiro atoms. The molecule has 3 aromatic rings. The van der Waals surface area contributed by atoms with Gasteiger partial charge in [-0.3, -0.25) is 4.79 Å². The standard InChI is InChI=1S/C29H27F2NO7/c1-28(16-36-24-13-26-25(12-21(24)28)38-29(30,31)39-26)27(33)32-22-10-19(15-35-14-17-6-4-3-5-7-17)37-23-11-18(34-2)8-9-20(22)23/h3-9,11-13,19,22H,10,14-16H2,1-2H3,(H,32,33)/t19-,22-,28?/m0/s1. The molecule has 0 saturated heterocycles. The summed E-state index contributed by atoms with van der Waals surface area (Å²) in [5, 5.41) is 3.14. The minimum atomic E-state index is -3.76. The van der Waals surface area contributed by atoms with Gasteiger partial charge in [0, 0.05) is 29.7 Å². The first kappa shape index (κ1) is 25.2. The van der Waals surface area contributed by atoms with Crippen LogP contribution in [0.1, 0.15) is 36.1 Å². The molecule has 0 saturated carbocycles. The van der Waals surface area contributed by atoms with Gasteiger partial charge < -0.3 is 33.7 Å². The number of halogens is 2. The van der Waals surface area contributed by atoms with Crippen LogP contribution >= 0.6 is 0 Å². The van der Waals surface area contributed by atoms with Gasteiger partial charge in [0.05, 0.1) is 26.4 Å². The van der Waals surface area contributed by atoms with Crippen molar-refractivity contribution in [3.63, 3.8) is 0 Å². The summed E-state index contributed by atoms with van der Waals surface area (Å²) in [6.45, 7) is 2.50. The van der Waals surface area contributed by atoms with Crippen LogP contribution in [0.4, 0.5) is 8.78 Å². The van der Waals surface area contributed by atoms with Gasteiger partial charge in [-0.15, -0.1) is 8.78 Å². The number of alkyl halides is 2. The fourth-order valence-electron chi connectivity index (χ4n) is 5.10. The third kappa shape index (κ3) is 4.80. The van der Waals surface area contributed by atoms with Crippen LogP contribution in [0.2, 0.25) is 0 Å². The third-order valence-corrected chi connectivity index (χ3v) is 7.22. The maximum absolute atomic E-state index is 13.8. The van der Waals surface area contributed by atoms with Crippen molar-refractivity contribution in [1.82, 2.24) is 5.32 Å². The molecule has 1 N–H and O–H groups in total. The van der Waals surface area contributed by atoms with E-state index in [1.165, 1.54) is 12.1 Å². The van der Waals surface area contributed by atoms with Gasteiger partial charge in [-0.25, -0.2) is 0 Å². The van der Waals surface area contributed by atoms with Crippen molar-refractivity contribution >= 4 is 5.91 Å². The fraction of sp³-hybridized carbons (Fsp3) is 0.345. The second-order valence-corrected chi connectivity index (χ2v) is 9.99. The van der Waals surface area contributed by atoms with Gasteiger partial charge in [0.15, 0.2) is 11.5 Å². The highest BCUT2D eigenvalue weighted by atomic mass is 19.3. The van der Waals surface area contributed by atoms with Gasteiger partial charge >= 0.3 is 6.29 Å². The first-order valence-electron chi connectivity index (χ1n) is 12.6. The molecule has 3 aliphatic rings. The van der Waals surface area contributed by atoms with E-state index in [4.69, 9.17) is 18.9 Å². The Kier molecular flexibility index (Phi) is 6.22. The molecule has 0 aliphatic carbocycles. The van der Waals surface area contributed by atoms with Gasteiger partial charge in [0.1, 0.15) is 35.4 Å². The van der Waals surface area contributed by atoms with Crippen molar-refractivity contribution < 1.29 is 42.0 Å². The number of carbonyl (C=O) groups excluding carboxylic acids is 1. The van der Waals surface area contributed by atoms with Crippen LogP contribution in [0.25, 0.3) is 0 Å². The summed E-state index contributed by atoms with van der Waals surface area (Å²) in [5.41, 5.74) is 1.16. The number of carbonyl (C=O) groups is 1. The van der Waals surface area contributed by atoms with Crippen LogP contribution in [0.15, 0.2) is 60.7 Å². The number of fused-ring (bicyclic) bond motifs is 3. The molecule has 3 atom stereocenters. The van der Waals surface area contributed by atoms with E-state index in [1.807, 2.05) is 42.5 Å². The summed E-state index contributed by atoms with van der Waals surface area (Å²) < 4.78 is 59.6. The van der Waals surface area contributed by atoms with Crippen LogP contribution in [0.5, 0.6) is 28.7 Å². The Bertz CT molecular complexity index is 1400. The number of methoxy groups -OCH3 is 1. The van der Waals surface area contributed by atoms with Crippen molar-refractivity contribution in [2.75, 3.05) is 20.3 Å². The molecule has 1 unspecified atom stereocenters. The number of rotatable bonds is 7. The zero-order chi connectivity index (χ0) is 27.2. The summed E-state index contributed by atoms with van der Waals surface area (Å²) in [6, 6.07) is 17.6. The Morgan fingerprint density at radius 2 is 1.79 bits per heavy atom. The van der Waals surface area contributed by atoms with Crippen molar-refractivity contribution in [3.05, 3.63) is 77.4 Å². The van der Waals surface area contributed by atoms with E-state index in [1.54, 1.807) is 20.1 Å². The summed E-state index contributed by atoms with van der Waals surface area (Å²) in [4.78, 5) is 13.8. The maximum atomic E-state index is 13.8. The zero-order valence-electron chi connectivity index (χ0n) is 21.4. The molecule has 6 rings (SSSR count). The molecule has 3 heterocycles. The van der Waals surface area contributed by atoms with Gasteiger partial charge in [-0.05, 0) is 30.7 Å². The van der Waals surface area contributed by atoms with E-state index in [2.05, 4.69) is 14.8 Å². The predicted molar refractivity (Wildman–Crippen MR) is 135 cm³/mol. The molecule has 3 aromatic carbocycles. The highest BCUT2D eigenvalue weighted by Crippen LogP contribution is 2.50. The Labute approximate surface area is 223 Å². The van der Waals surface area contributed by atoms with Gasteiger partial charge in [-0.2, -0.15) is 0 Å². The lowest BCUT2D eigenvalue weighted by atomic mass is 9.82. The van der Waals surface area contributed by atoms with E-state index in [0.717, 1.165) is 11.1 Å². The topological polar surface area (TPSA) is 84.5 Å². The smallest absolute Gasteiger partial charge is 0.497 e. The normalized spacial score (nSPS) is 23.7. The lowest BCUT2D eigenvalue weighted by molar-refractivity contribution is -0.286. The average Bonchev–Trinajstić information content (AvgIpc) is 3.41. The minimum absolute atomic E-state index is 0.0375. The predicted octanol–water partition coefficient (Wildman–Crippen LogP) is 4.89. The Morgan fingerprint density at radius 1 is 1.03 bits per heavy atom. The van der Waals surface area contributed by atoms with Crippen LogP contribution in [-0.4, -0.2) is 38.6 Å². The van der Waals surface area contributed by atoms with E-state index >= 15 is 0 Å². The molecule has 1 amide bonds. The van der Waals surface area contributed by atoms with Crippen LogP contribution in [0.3, 0.4) is 0 Å². The number of benzene rings is 3. The van der Waals surface area contributed by atoms with Gasteiger partial charge in [0.2, 0.25) is 5.91 Å². The molecule has 3 aliphatic heterocycles. The fourth-order valence-corrected chi connectivity index (χ4v) is 5.10. The largest absolute Gasteiger partial charge is 0.586 e. The summed E-state index contributed by atoms with van der Waals surface area (Å²) in [7, 11) is 1.57. The lowest BCUT2D eigenvalue weighted by Crippen LogP contribution is -2.47. The molecular formula is C29H27F2NO7. The highest BCUT2D eigenvalue weighted by Gasteiger charge is 2.49. The van der Waals surface area contributed by atoms with E-state index in [0.29, 0.717) is 42.4 Å². The highest BCUT2D eigenvalue weighted by molar-refractivity contribution is 5.90. The molecule has 0 bridgehead atoms. The molecule has 0 radical (unpaired) electrons. The Hall–Kier alpha value is -4.05. The quantitative estimate of drug-likeness (QED) is 0.458. The number of nitrogens with one attached hydrogen (secondary N) is 1. The number of ether oxygens (including phenoxy) is 6. The summed E-state index contributed by atoms with van der Waals surface area (Å²) >= 11 is 0. The van der Waals surface area contributed by atoms with Crippen LogP contribution in [0, 0.1) is 0 Å². The van der Waals surface area contributed by atoms with Crippen LogP contribution in [-0.2, 0) is 21.6 Å². The first-order chi connectivity index (χ1) is 18.7. The van der Waals surface area contributed by atoms with Crippen LogP contribution < -0.4 is 29.0 Å². The molecular weight excluding hydrogens is 512 g/mol. The van der Waals surface area contributed by atoms with E-state index < -0.39 is 17.8 Å². The van der Waals surface area contributed by atoms with Gasteiger partial charge in [-0.1, -0.05) is 30.3 Å². The van der Waals surface area contributed by atoms with Gasteiger partial charge in [0.25, 0.3) is 0 Å². The van der Waals surface area contributed by atoms with Crippen molar-refractivity contribution in [3.8, 4) is 28.7 Å². The monoisotopic (exact) mass is 539 g/mol. The molecule has 204 valence electrons. The molecule has 0 fully saturated rings. The molecule has 39 heavy (non-hydrogen) atoms. The Morgan fingerprint density at radius 3 is 2.56 bits per heavy atom. The van der Waals surface area contributed by atoms with Crippen molar-refractivity contribution in [1.29, 1.82) is 0 Å². The second kappa shape index (κ2) is 9.60. The molecule has 10 heteroatoms. The average molecular weight is 540 g/mol. The zero-order valence-corrected chi connectivity index (χ0v) is 21.4. The summed E-state index contributed by atoms with van der Waals surface area (Å²) in [5.74, 6) is 0.943. The number of hydrogen-bond donors (Lipinski definition) is 1. The lowest BCUT2D eigenvalue weighted by Gasteiger charge is -2.34. The number of hydrogen-bond acceptors (Lipinski definition) is 7. The minimum Gasteiger partial charge on any atom is -0.497 e. The Balaban J connectivity index is 1.21. The first-order valence-corrected chi connectivity index (χ1v) is 12.6. The SMILES string of the molecule is COc1ccc2c(c1)O[C@H](COCc1ccccc1)C[C@@H]2NC(=O)C1(C)COc2cc3c(cc21)OC(F)(F)O3. The molecule has 0 aromatic heterocycles. The third-order valence-electron chi connectivity index (χ3n) is 7.22. The second-order valence-electron chi connectivity index (χ2n) is 9.99. The van der Waals surface area contributed by atoms with E-state index in [-0.39, 0.29) is 30.1 Å². The van der Waals surface area contributed by atoms with Crippen molar-refractivity contribution in [2.45, 2.75) is 43.8 Å². The molecule has 8 nitrogen and oxygen atoms in total. The maximum Gasteiger partial charge on any atom is 0.586 e. The number of amides is 1. The summed E-state index contributed by atoms with van der Waals surface area (Å²) in [6.07, 6.45) is -3.62. The van der Waals surface area contributed by atoms with Crippen molar-refractivity contribution in [2.24, 2.45) is 0 Å².